The Bertz CT molecular complexity index is 843. The molecule has 4 heteroatoms. The van der Waals surface area contributed by atoms with Crippen LogP contribution in [0.2, 0.25) is 0 Å². The number of unbranched alkanes of at least 4 members (excludes halogenated alkanes) is 1. The van der Waals surface area contributed by atoms with Crippen molar-refractivity contribution in [1.82, 2.24) is 0 Å². The van der Waals surface area contributed by atoms with Crippen LogP contribution in [0.1, 0.15) is 100 Å². The molecule has 0 bridgehead atoms. The Morgan fingerprint density at radius 1 is 1.12 bits per heavy atom. The molecule has 0 heterocycles. The second kappa shape index (κ2) is 12.7. The van der Waals surface area contributed by atoms with Crippen LogP contribution in [-0.4, -0.2) is 12.8 Å². The lowest BCUT2D eigenvalue weighted by molar-refractivity contribution is -0.135. The molecule has 188 valence electrons. The van der Waals surface area contributed by atoms with E-state index in [2.05, 4.69) is 56.9 Å². The Hall–Kier alpha value is -1.97. The van der Waals surface area contributed by atoms with E-state index in [1.165, 1.54) is 16.7 Å². The zero-order valence-electron chi connectivity index (χ0n) is 20.9. The molecule has 1 fully saturated rings. The van der Waals surface area contributed by atoms with Gasteiger partial charge in [-0.05, 0) is 91.5 Å². The maximum atomic E-state index is 12.4. The van der Waals surface area contributed by atoms with Gasteiger partial charge in [0.25, 0.3) is 0 Å². The van der Waals surface area contributed by atoms with Gasteiger partial charge in [-0.2, -0.15) is 13.2 Å². The van der Waals surface area contributed by atoms with E-state index < -0.39 is 12.6 Å². The zero-order chi connectivity index (χ0) is 24.6. The van der Waals surface area contributed by atoms with Gasteiger partial charge in [0.1, 0.15) is 5.76 Å². The Morgan fingerprint density at radius 2 is 1.88 bits per heavy atom. The fourth-order valence-corrected chi connectivity index (χ4v) is 5.56. The first-order valence-corrected chi connectivity index (χ1v) is 13.1. The van der Waals surface area contributed by atoms with Gasteiger partial charge in [0.15, 0.2) is 0 Å². The fourth-order valence-electron chi connectivity index (χ4n) is 5.56. The van der Waals surface area contributed by atoms with Gasteiger partial charge in [0, 0.05) is 12.3 Å². The minimum atomic E-state index is -4.01. The Kier molecular flexibility index (Phi) is 9.91. The molecule has 1 aromatic carbocycles. The number of hydrogen-bond acceptors (Lipinski definition) is 1. The molecule has 1 saturated carbocycles. The van der Waals surface area contributed by atoms with Crippen molar-refractivity contribution in [3.05, 3.63) is 71.5 Å². The first-order chi connectivity index (χ1) is 16.3. The number of rotatable bonds is 11. The molecular formula is C30H41F3O. The molecule has 0 saturated heterocycles. The number of alkyl halides is 3. The van der Waals surface area contributed by atoms with Crippen molar-refractivity contribution in [2.75, 3.05) is 6.61 Å². The molecule has 0 N–H and O–H groups in total. The highest BCUT2D eigenvalue weighted by Gasteiger charge is 2.28. The summed E-state index contributed by atoms with van der Waals surface area (Å²) in [6.45, 7) is 8.91. The van der Waals surface area contributed by atoms with E-state index in [0.717, 1.165) is 50.7 Å². The third kappa shape index (κ3) is 7.78. The quantitative estimate of drug-likeness (QED) is 0.229. The first kappa shape index (κ1) is 26.6. The molecule has 1 aromatic rings. The van der Waals surface area contributed by atoms with E-state index >= 15 is 0 Å². The second-order valence-electron chi connectivity index (χ2n) is 10.1. The van der Waals surface area contributed by atoms with Crippen LogP contribution in [0.5, 0.6) is 0 Å². The van der Waals surface area contributed by atoms with Crippen molar-refractivity contribution in [2.45, 2.75) is 96.1 Å². The standard InChI is InChI=1S/C30H41F3O/c1-4-6-19-34-27-16-10-22(3)29(21-27)26-15-17-28(24(5-2)20-26)25-13-11-23(12-14-25)9-7-8-18-30(31,32)33/h4,10,15-17,20-23,25,29H,1,5-9,11-14,18-19H2,2-3H3. The van der Waals surface area contributed by atoms with Crippen molar-refractivity contribution in [3.8, 4) is 0 Å². The topological polar surface area (TPSA) is 9.23 Å². The van der Waals surface area contributed by atoms with Gasteiger partial charge in [-0.1, -0.05) is 57.0 Å². The summed E-state index contributed by atoms with van der Waals surface area (Å²) in [7, 11) is 0. The largest absolute Gasteiger partial charge is 0.494 e. The normalized spacial score (nSPS) is 25.1. The average Bonchev–Trinajstić information content (AvgIpc) is 2.82. The van der Waals surface area contributed by atoms with Crippen molar-refractivity contribution in [1.29, 1.82) is 0 Å². The lowest BCUT2D eigenvalue weighted by Crippen LogP contribution is -2.16. The number of halogens is 3. The number of ether oxygens (including phenoxy) is 1. The van der Waals surface area contributed by atoms with E-state index in [9.17, 15) is 13.2 Å². The number of benzene rings is 1. The molecule has 2 aliphatic carbocycles. The van der Waals surface area contributed by atoms with E-state index in [1.54, 1.807) is 0 Å². The SMILES string of the molecule is C=CCCOC1=CC(c2ccc(C3CCC(CCCCC(F)(F)F)CC3)c(CC)c2)C(C)C=C1. The number of allylic oxidation sites excluding steroid dienone is 3. The molecule has 1 nitrogen and oxygen atoms in total. The van der Waals surface area contributed by atoms with Gasteiger partial charge >= 0.3 is 6.18 Å². The smallest absolute Gasteiger partial charge is 0.389 e. The summed E-state index contributed by atoms with van der Waals surface area (Å²) in [6, 6.07) is 7.05. The molecule has 2 atom stereocenters. The predicted molar refractivity (Wildman–Crippen MR) is 135 cm³/mol. The highest BCUT2D eigenvalue weighted by atomic mass is 19.4. The third-order valence-electron chi connectivity index (χ3n) is 7.61. The van der Waals surface area contributed by atoms with Gasteiger partial charge in [-0.3, -0.25) is 0 Å². The van der Waals surface area contributed by atoms with Crippen LogP contribution in [0.15, 0.2) is 54.8 Å². The van der Waals surface area contributed by atoms with Crippen LogP contribution < -0.4 is 0 Å². The Morgan fingerprint density at radius 3 is 2.56 bits per heavy atom. The Labute approximate surface area is 204 Å². The van der Waals surface area contributed by atoms with Crippen molar-refractivity contribution >= 4 is 0 Å². The van der Waals surface area contributed by atoms with Gasteiger partial charge in [-0.15, -0.1) is 6.58 Å². The van der Waals surface area contributed by atoms with E-state index in [4.69, 9.17) is 4.74 Å². The summed E-state index contributed by atoms with van der Waals surface area (Å²) in [6.07, 6.45) is 12.2. The molecule has 3 rings (SSSR count). The summed E-state index contributed by atoms with van der Waals surface area (Å²) in [5.74, 6) is 2.85. The predicted octanol–water partition coefficient (Wildman–Crippen LogP) is 9.41. The van der Waals surface area contributed by atoms with Gasteiger partial charge in [0.2, 0.25) is 0 Å². The summed E-state index contributed by atoms with van der Waals surface area (Å²) in [4.78, 5) is 0. The number of hydrogen-bond donors (Lipinski definition) is 0. The van der Waals surface area contributed by atoms with Crippen LogP contribution in [0.3, 0.4) is 0 Å². The first-order valence-electron chi connectivity index (χ1n) is 13.1. The molecule has 0 radical (unpaired) electrons. The highest BCUT2D eigenvalue weighted by Crippen LogP contribution is 2.41. The molecule has 2 unspecified atom stereocenters. The lowest BCUT2D eigenvalue weighted by atomic mass is 9.74. The summed E-state index contributed by atoms with van der Waals surface area (Å²) < 4.78 is 43.0. The highest BCUT2D eigenvalue weighted by molar-refractivity contribution is 5.40. The average molecular weight is 475 g/mol. The molecule has 0 aliphatic heterocycles. The van der Waals surface area contributed by atoms with Gasteiger partial charge in [-0.25, -0.2) is 0 Å². The summed E-state index contributed by atoms with van der Waals surface area (Å²) in [5.41, 5.74) is 4.27. The van der Waals surface area contributed by atoms with Crippen LogP contribution in [-0.2, 0) is 11.2 Å². The molecule has 2 aliphatic rings. The zero-order valence-corrected chi connectivity index (χ0v) is 20.9. The van der Waals surface area contributed by atoms with Crippen LogP contribution in [0, 0.1) is 11.8 Å². The van der Waals surface area contributed by atoms with E-state index in [0.29, 0.717) is 36.7 Å². The van der Waals surface area contributed by atoms with Crippen LogP contribution in [0.25, 0.3) is 0 Å². The molecule has 0 spiro atoms. The monoisotopic (exact) mass is 474 g/mol. The number of aryl methyl sites for hydroxylation is 1. The summed E-state index contributed by atoms with van der Waals surface area (Å²) in [5, 5.41) is 0. The third-order valence-corrected chi connectivity index (χ3v) is 7.61. The van der Waals surface area contributed by atoms with Gasteiger partial charge < -0.3 is 4.74 Å². The molecule has 0 aromatic heterocycles. The summed E-state index contributed by atoms with van der Waals surface area (Å²) >= 11 is 0. The van der Waals surface area contributed by atoms with Crippen molar-refractivity contribution in [2.24, 2.45) is 11.8 Å². The minimum absolute atomic E-state index is 0.273. The second-order valence-corrected chi connectivity index (χ2v) is 10.1. The molecular weight excluding hydrogens is 433 g/mol. The minimum Gasteiger partial charge on any atom is -0.494 e. The molecule has 34 heavy (non-hydrogen) atoms. The van der Waals surface area contributed by atoms with Gasteiger partial charge in [0.05, 0.1) is 6.61 Å². The maximum Gasteiger partial charge on any atom is 0.389 e. The lowest BCUT2D eigenvalue weighted by Gasteiger charge is -2.31. The van der Waals surface area contributed by atoms with E-state index in [-0.39, 0.29) is 6.42 Å². The van der Waals surface area contributed by atoms with Crippen molar-refractivity contribution < 1.29 is 17.9 Å². The van der Waals surface area contributed by atoms with Crippen molar-refractivity contribution in [3.63, 3.8) is 0 Å². The molecule has 0 amide bonds. The fraction of sp³-hybridized carbons (Fsp3) is 0.600. The van der Waals surface area contributed by atoms with Crippen LogP contribution >= 0.6 is 0 Å². The maximum absolute atomic E-state index is 12.4. The Balaban J connectivity index is 1.59. The van der Waals surface area contributed by atoms with Crippen LogP contribution in [0.4, 0.5) is 13.2 Å². The van der Waals surface area contributed by atoms with E-state index in [1.807, 2.05) is 6.08 Å².